The zero-order chi connectivity index (χ0) is 10.3. The highest BCUT2D eigenvalue weighted by atomic mass is 16.3. The summed E-state index contributed by atoms with van der Waals surface area (Å²) in [5.41, 5.74) is -0.558. The molecule has 0 atom stereocenters. The number of hydrogen-bond acceptors (Lipinski definition) is 2. The van der Waals surface area contributed by atoms with Gasteiger partial charge in [0.1, 0.15) is 0 Å². The van der Waals surface area contributed by atoms with Gasteiger partial charge in [-0.1, -0.05) is 18.2 Å². The lowest BCUT2D eigenvalue weighted by Gasteiger charge is -2.22. The van der Waals surface area contributed by atoms with Crippen LogP contribution >= 0.6 is 0 Å². The van der Waals surface area contributed by atoms with Gasteiger partial charge in [-0.2, -0.15) is 0 Å². The molecule has 0 saturated heterocycles. The van der Waals surface area contributed by atoms with Crippen LogP contribution in [0.15, 0.2) is 24.3 Å². The van der Waals surface area contributed by atoms with E-state index in [1.165, 1.54) is 6.08 Å². The van der Waals surface area contributed by atoms with Gasteiger partial charge < -0.3 is 10.4 Å². The fourth-order valence-corrected chi connectivity index (χ4v) is 0.669. The van der Waals surface area contributed by atoms with Crippen LogP contribution in [-0.4, -0.2) is 23.2 Å². The minimum atomic E-state index is -0.558. The largest absolute Gasteiger partial charge is 0.394 e. The lowest BCUT2D eigenvalue weighted by atomic mass is 10.1. The second kappa shape index (κ2) is 5.54. The SMILES string of the molecule is C/C=C/C=C/C(=O)NC(C)(C)CO. The van der Waals surface area contributed by atoms with Crippen molar-refractivity contribution in [1.82, 2.24) is 5.32 Å². The molecule has 0 fully saturated rings. The summed E-state index contributed by atoms with van der Waals surface area (Å²) in [6.45, 7) is 5.32. The van der Waals surface area contributed by atoms with Gasteiger partial charge in [0.25, 0.3) is 0 Å². The maximum Gasteiger partial charge on any atom is 0.244 e. The molecule has 3 heteroatoms. The minimum absolute atomic E-state index is 0.0732. The summed E-state index contributed by atoms with van der Waals surface area (Å²) in [5, 5.41) is 11.5. The van der Waals surface area contributed by atoms with E-state index in [4.69, 9.17) is 5.11 Å². The van der Waals surface area contributed by atoms with Crippen molar-refractivity contribution in [2.75, 3.05) is 6.61 Å². The van der Waals surface area contributed by atoms with E-state index in [1.54, 1.807) is 26.0 Å². The van der Waals surface area contributed by atoms with E-state index < -0.39 is 5.54 Å². The average Bonchev–Trinajstić information content (AvgIpc) is 2.04. The first-order valence-electron chi connectivity index (χ1n) is 4.24. The number of amides is 1. The predicted molar refractivity (Wildman–Crippen MR) is 53.3 cm³/mol. The summed E-state index contributed by atoms with van der Waals surface area (Å²) >= 11 is 0. The van der Waals surface area contributed by atoms with Crippen molar-refractivity contribution in [1.29, 1.82) is 0 Å². The van der Waals surface area contributed by atoms with Crippen LogP contribution in [-0.2, 0) is 4.79 Å². The van der Waals surface area contributed by atoms with E-state index in [0.717, 1.165) is 0 Å². The van der Waals surface area contributed by atoms with Gasteiger partial charge in [-0.15, -0.1) is 0 Å². The normalized spacial score (nSPS) is 12.6. The van der Waals surface area contributed by atoms with Gasteiger partial charge in [-0.25, -0.2) is 0 Å². The molecule has 0 aliphatic heterocycles. The smallest absolute Gasteiger partial charge is 0.244 e. The molecular weight excluding hydrogens is 166 g/mol. The molecule has 13 heavy (non-hydrogen) atoms. The highest BCUT2D eigenvalue weighted by Crippen LogP contribution is 1.98. The Morgan fingerprint density at radius 1 is 1.46 bits per heavy atom. The Kier molecular flexibility index (Phi) is 5.07. The number of nitrogens with one attached hydrogen (secondary N) is 1. The molecule has 1 amide bonds. The first-order valence-corrected chi connectivity index (χ1v) is 4.24. The van der Waals surface area contributed by atoms with Crippen LogP contribution in [0.25, 0.3) is 0 Å². The van der Waals surface area contributed by atoms with Crippen molar-refractivity contribution in [3.63, 3.8) is 0 Å². The molecule has 0 aliphatic rings. The summed E-state index contributed by atoms with van der Waals surface area (Å²) in [6.07, 6.45) is 6.69. The number of carbonyl (C=O) groups excluding carboxylic acids is 1. The Morgan fingerprint density at radius 3 is 2.54 bits per heavy atom. The molecule has 0 aromatic rings. The molecular formula is C10H17NO2. The van der Waals surface area contributed by atoms with Crippen molar-refractivity contribution < 1.29 is 9.90 Å². The van der Waals surface area contributed by atoms with Gasteiger partial charge in [0.15, 0.2) is 0 Å². The van der Waals surface area contributed by atoms with Crippen molar-refractivity contribution >= 4 is 5.91 Å². The Morgan fingerprint density at radius 2 is 2.08 bits per heavy atom. The number of aliphatic hydroxyl groups excluding tert-OH is 1. The number of rotatable bonds is 4. The molecule has 0 aromatic carbocycles. The Hall–Kier alpha value is -1.09. The fraction of sp³-hybridized carbons (Fsp3) is 0.500. The Labute approximate surface area is 79.2 Å². The monoisotopic (exact) mass is 183 g/mol. The van der Waals surface area contributed by atoms with E-state index >= 15 is 0 Å². The van der Waals surface area contributed by atoms with Crippen molar-refractivity contribution in [3.8, 4) is 0 Å². The number of hydrogen-bond donors (Lipinski definition) is 2. The lowest BCUT2D eigenvalue weighted by Crippen LogP contribution is -2.45. The summed E-state index contributed by atoms with van der Waals surface area (Å²) in [6, 6.07) is 0. The van der Waals surface area contributed by atoms with Gasteiger partial charge in [-0.3, -0.25) is 4.79 Å². The highest BCUT2D eigenvalue weighted by Gasteiger charge is 2.16. The van der Waals surface area contributed by atoms with Crippen molar-refractivity contribution in [2.45, 2.75) is 26.3 Å². The van der Waals surface area contributed by atoms with Crippen LogP contribution < -0.4 is 5.32 Å². The van der Waals surface area contributed by atoms with Crippen LogP contribution in [0, 0.1) is 0 Å². The van der Waals surface area contributed by atoms with E-state index in [0.29, 0.717) is 0 Å². The second-order valence-electron chi connectivity index (χ2n) is 3.42. The third kappa shape index (κ3) is 6.11. The quantitative estimate of drug-likeness (QED) is 0.504. The fourth-order valence-electron chi connectivity index (χ4n) is 0.669. The van der Waals surface area contributed by atoms with E-state index in [9.17, 15) is 4.79 Å². The molecule has 0 heterocycles. The van der Waals surface area contributed by atoms with Crippen molar-refractivity contribution in [2.24, 2.45) is 0 Å². The molecule has 0 aliphatic carbocycles. The highest BCUT2D eigenvalue weighted by molar-refractivity contribution is 5.88. The third-order valence-electron chi connectivity index (χ3n) is 1.41. The van der Waals surface area contributed by atoms with Gasteiger partial charge in [0.2, 0.25) is 5.91 Å². The zero-order valence-corrected chi connectivity index (χ0v) is 8.37. The molecule has 0 unspecified atom stereocenters. The number of aliphatic hydroxyl groups is 1. The number of allylic oxidation sites excluding steroid dienone is 3. The molecule has 2 N–H and O–H groups in total. The van der Waals surface area contributed by atoms with E-state index in [1.807, 2.05) is 13.0 Å². The first kappa shape index (κ1) is 11.9. The molecule has 0 rings (SSSR count). The van der Waals surface area contributed by atoms with Crippen LogP contribution in [0.4, 0.5) is 0 Å². The first-order chi connectivity index (χ1) is 6.02. The summed E-state index contributed by atoms with van der Waals surface area (Å²) in [4.78, 5) is 11.1. The summed E-state index contributed by atoms with van der Waals surface area (Å²) < 4.78 is 0. The minimum Gasteiger partial charge on any atom is -0.394 e. The molecule has 0 aromatic heterocycles. The maximum atomic E-state index is 11.1. The summed E-state index contributed by atoms with van der Waals surface area (Å²) in [7, 11) is 0. The number of carbonyl (C=O) groups is 1. The van der Waals surface area contributed by atoms with Crippen LogP contribution in [0.2, 0.25) is 0 Å². The van der Waals surface area contributed by atoms with Crippen LogP contribution in [0.3, 0.4) is 0 Å². The topological polar surface area (TPSA) is 49.3 Å². The standard InChI is InChI=1S/C10H17NO2/c1-4-5-6-7-9(13)11-10(2,3)8-12/h4-7,12H,8H2,1-3H3,(H,11,13)/b5-4+,7-6+. The molecule has 74 valence electrons. The Balaban J connectivity index is 4.01. The van der Waals surface area contributed by atoms with Crippen LogP contribution in [0.1, 0.15) is 20.8 Å². The molecule has 0 radical (unpaired) electrons. The molecule has 0 saturated carbocycles. The lowest BCUT2D eigenvalue weighted by molar-refractivity contribution is -0.118. The van der Waals surface area contributed by atoms with Gasteiger partial charge in [0.05, 0.1) is 12.1 Å². The molecule has 0 bridgehead atoms. The van der Waals surface area contributed by atoms with E-state index in [-0.39, 0.29) is 12.5 Å². The predicted octanol–water partition coefficient (Wildman–Crippen LogP) is 1.01. The molecule has 0 spiro atoms. The van der Waals surface area contributed by atoms with Gasteiger partial charge >= 0.3 is 0 Å². The van der Waals surface area contributed by atoms with E-state index in [2.05, 4.69) is 5.32 Å². The second-order valence-corrected chi connectivity index (χ2v) is 3.42. The third-order valence-corrected chi connectivity index (χ3v) is 1.41. The van der Waals surface area contributed by atoms with Crippen LogP contribution in [0.5, 0.6) is 0 Å². The van der Waals surface area contributed by atoms with Gasteiger partial charge in [-0.05, 0) is 20.8 Å². The van der Waals surface area contributed by atoms with Gasteiger partial charge in [0, 0.05) is 6.08 Å². The Bertz CT molecular complexity index is 217. The maximum absolute atomic E-state index is 11.1. The van der Waals surface area contributed by atoms with Crippen molar-refractivity contribution in [3.05, 3.63) is 24.3 Å². The summed E-state index contributed by atoms with van der Waals surface area (Å²) in [5.74, 6) is -0.197. The zero-order valence-electron chi connectivity index (χ0n) is 8.37. The molecule has 3 nitrogen and oxygen atoms in total. The average molecular weight is 183 g/mol.